The van der Waals surface area contributed by atoms with Gasteiger partial charge in [-0.1, -0.05) is 18.7 Å². The summed E-state index contributed by atoms with van der Waals surface area (Å²) in [5, 5.41) is 0. The molecule has 1 heterocycles. The van der Waals surface area contributed by atoms with E-state index in [2.05, 4.69) is 18.1 Å². The van der Waals surface area contributed by atoms with Gasteiger partial charge in [0.1, 0.15) is 12.4 Å². The van der Waals surface area contributed by atoms with Gasteiger partial charge in [0.2, 0.25) is 0 Å². The Bertz CT molecular complexity index is 725. The summed E-state index contributed by atoms with van der Waals surface area (Å²) in [7, 11) is 1.56. The van der Waals surface area contributed by atoms with Gasteiger partial charge >= 0.3 is 5.97 Å². The van der Waals surface area contributed by atoms with E-state index in [1.165, 1.54) is 6.20 Å². The van der Waals surface area contributed by atoms with E-state index in [4.69, 9.17) is 14.2 Å². The predicted molar refractivity (Wildman–Crippen MR) is 91.2 cm³/mol. The lowest BCUT2D eigenvalue weighted by Crippen LogP contribution is -2.11. The van der Waals surface area contributed by atoms with Crippen molar-refractivity contribution < 1.29 is 19.0 Å². The summed E-state index contributed by atoms with van der Waals surface area (Å²) >= 11 is 0. The van der Waals surface area contributed by atoms with E-state index < -0.39 is 5.97 Å². The van der Waals surface area contributed by atoms with Gasteiger partial charge in [0.05, 0.1) is 12.7 Å². The minimum atomic E-state index is -0.485. The number of ether oxygens (including phenoxy) is 3. The van der Waals surface area contributed by atoms with Crippen LogP contribution in [0, 0.1) is 0 Å². The summed E-state index contributed by atoms with van der Waals surface area (Å²) < 4.78 is 16.1. The van der Waals surface area contributed by atoms with Crippen LogP contribution in [-0.4, -0.2) is 24.7 Å². The minimum Gasteiger partial charge on any atom is -0.493 e. The van der Waals surface area contributed by atoms with Gasteiger partial charge in [-0.25, -0.2) is 4.79 Å². The van der Waals surface area contributed by atoms with Gasteiger partial charge in [0, 0.05) is 12.4 Å². The number of methoxy groups -OCH3 is 1. The first kappa shape index (κ1) is 17.3. The van der Waals surface area contributed by atoms with Gasteiger partial charge in [-0.05, 0) is 36.2 Å². The van der Waals surface area contributed by atoms with E-state index in [0.29, 0.717) is 22.8 Å². The first-order chi connectivity index (χ1) is 11.6. The number of carbonyl (C=O) groups is 1. The Balaban J connectivity index is 1.94. The fraction of sp³-hybridized carbons (Fsp3) is 0.158. The second-order valence-electron chi connectivity index (χ2n) is 4.94. The number of pyridine rings is 1. The third-order valence-corrected chi connectivity index (χ3v) is 3.12. The van der Waals surface area contributed by atoms with Crippen LogP contribution in [0.2, 0.25) is 0 Å². The highest BCUT2D eigenvalue weighted by molar-refractivity contribution is 5.88. The van der Waals surface area contributed by atoms with Crippen molar-refractivity contribution in [3.8, 4) is 11.5 Å². The maximum absolute atomic E-state index is 11.8. The summed E-state index contributed by atoms with van der Waals surface area (Å²) in [5.74, 6) is 0.894. The van der Waals surface area contributed by atoms with Crippen LogP contribution in [0.5, 0.6) is 11.5 Å². The molecule has 1 aromatic heterocycles. The molecule has 5 heteroatoms. The summed E-state index contributed by atoms with van der Waals surface area (Å²) in [5.41, 5.74) is 1.43. The van der Waals surface area contributed by atoms with Gasteiger partial charge < -0.3 is 14.2 Å². The maximum atomic E-state index is 11.8. The molecule has 0 fully saturated rings. The molecule has 24 heavy (non-hydrogen) atoms. The standard InChI is InChI=1S/C19H19NO4/c1-4-6-15-8-9-17(18(11-15)22-3)24-14(2)13-23-19(21)16-7-5-10-20-12-16/h4-5,7-12H,1-2,6,13H2,3H3. The van der Waals surface area contributed by atoms with Crippen LogP contribution in [0.15, 0.2) is 67.7 Å². The molecule has 5 nitrogen and oxygen atoms in total. The lowest BCUT2D eigenvalue weighted by Gasteiger charge is -2.13. The molecule has 0 saturated heterocycles. The van der Waals surface area contributed by atoms with E-state index in [1.807, 2.05) is 18.2 Å². The fourth-order valence-corrected chi connectivity index (χ4v) is 1.99. The van der Waals surface area contributed by atoms with Gasteiger partial charge in [-0.3, -0.25) is 4.98 Å². The molecule has 0 aliphatic heterocycles. The van der Waals surface area contributed by atoms with Crippen molar-refractivity contribution in [3.05, 3.63) is 78.8 Å². The minimum absolute atomic E-state index is 0.0642. The number of esters is 1. The van der Waals surface area contributed by atoms with Crippen molar-refractivity contribution in [1.29, 1.82) is 0 Å². The number of hydrogen-bond donors (Lipinski definition) is 0. The summed E-state index contributed by atoms with van der Waals surface area (Å²) in [4.78, 5) is 15.7. The van der Waals surface area contributed by atoms with Crippen molar-refractivity contribution in [1.82, 2.24) is 4.98 Å². The molecule has 124 valence electrons. The molecule has 0 spiro atoms. The van der Waals surface area contributed by atoms with E-state index in [0.717, 1.165) is 12.0 Å². The predicted octanol–water partition coefficient (Wildman–Crippen LogP) is 3.57. The van der Waals surface area contributed by atoms with Crippen molar-refractivity contribution in [2.45, 2.75) is 6.42 Å². The number of nitrogens with zero attached hydrogens (tertiary/aromatic N) is 1. The summed E-state index contributed by atoms with van der Waals surface area (Å²) in [6, 6.07) is 8.85. The highest BCUT2D eigenvalue weighted by atomic mass is 16.6. The van der Waals surface area contributed by atoms with E-state index in [1.54, 1.807) is 31.5 Å². The molecule has 0 saturated carbocycles. The smallest absolute Gasteiger partial charge is 0.340 e. The van der Waals surface area contributed by atoms with Crippen molar-refractivity contribution in [2.24, 2.45) is 0 Å². The van der Waals surface area contributed by atoms with Crippen LogP contribution in [0.1, 0.15) is 15.9 Å². The molecule has 0 atom stereocenters. The molecule has 0 N–H and O–H groups in total. The molecule has 0 aliphatic rings. The van der Waals surface area contributed by atoms with Crippen LogP contribution in [-0.2, 0) is 11.2 Å². The van der Waals surface area contributed by atoms with Crippen molar-refractivity contribution in [3.63, 3.8) is 0 Å². The SMILES string of the molecule is C=CCc1ccc(OC(=C)COC(=O)c2cccnc2)c(OC)c1. The second-order valence-corrected chi connectivity index (χ2v) is 4.94. The lowest BCUT2D eigenvalue weighted by atomic mass is 10.1. The zero-order chi connectivity index (χ0) is 17.4. The summed E-state index contributed by atoms with van der Waals surface area (Å²) in [6.45, 7) is 7.41. The van der Waals surface area contributed by atoms with E-state index >= 15 is 0 Å². The zero-order valence-electron chi connectivity index (χ0n) is 13.5. The molecule has 1 aromatic carbocycles. The molecule has 2 aromatic rings. The lowest BCUT2D eigenvalue weighted by molar-refractivity contribution is 0.0507. The van der Waals surface area contributed by atoms with E-state index in [9.17, 15) is 4.79 Å². The molecule has 0 unspecified atom stereocenters. The van der Waals surface area contributed by atoms with Crippen LogP contribution >= 0.6 is 0 Å². The highest BCUT2D eigenvalue weighted by Gasteiger charge is 2.11. The van der Waals surface area contributed by atoms with Crippen LogP contribution < -0.4 is 9.47 Å². The van der Waals surface area contributed by atoms with E-state index in [-0.39, 0.29) is 6.61 Å². The Morgan fingerprint density at radius 3 is 2.79 bits per heavy atom. The number of hydrogen-bond acceptors (Lipinski definition) is 5. The average Bonchev–Trinajstić information content (AvgIpc) is 2.62. The molecule has 0 bridgehead atoms. The van der Waals surface area contributed by atoms with Crippen molar-refractivity contribution in [2.75, 3.05) is 13.7 Å². The zero-order valence-corrected chi connectivity index (χ0v) is 13.5. The number of benzene rings is 1. The average molecular weight is 325 g/mol. The van der Waals surface area contributed by atoms with Crippen LogP contribution in [0.4, 0.5) is 0 Å². The normalized spacial score (nSPS) is 9.88. The number of rotatable bonds is 8. The molecule has 2 rings (SSSR count). The first-order valence-corrected chi connectivity index (χ1v) is 7.34. The van der Waals surface area contributed by atoms with Gasteiger partial charge in [0.25, 0.3) is 0 Å². The Morgan fingerprint density at radius 2 is 2.12 bits per heavy atom. The fourth-order valence-electron chi connectivity index (χ4n) is 1.99. The molecular formula is C19H19NO4. The van der Waals surface area contributed by atoms with Crippen LogP contribution in [0.25, 0.3) is 0 Å². The maximum Gasteiger partial charge on any atom is 0.340 e. The number of allylic oxidation sites excluding steroid dienone is 1. The first-order valence-electron chi connectivity index (χ1n) is 7.34. The third kappa shape index (κ3) is 4.71. The molecule has 0 aliphatic carbocycles. The van der Waals surface area contributed by atoms with Crippen molar-refractivity contribution >= 4 is 5.97 Å². The van der Waals surface area contributed by atoms with Gasteiger partial charge in [0.15, 0.2) is 11.5 Å². The second kappa shape index (κ2) is 8.53. The van der Waals surface area contributed by atoms with Crippen LogP contribution in [0.3, 0.4) is 0 Å². The Kier molecular flexibility index (Phi) is 6.14. The number of carbonyl (C=O) groups excluding carboxylic acids is 1. The Hall–Kier alpha value is -3.08. The molecule has 0 radical (unpaired) electrons. The summed E-state index contributed by atoms with van der Waals surface area (Å²) in [6.07, 6.45) is 5.57. The van der Waals surface area contributed by atoms with Gasteiger partial charge in [-0.15, -0.1) is 6.58 Å². The molecule has 0 amide bonds. The third-order valence-electron chi connectivity index (χ3n) is 3.12. The topological polar surface area (TPSA) is 57.7 Å². The largest absolute Gasteiger partial charge is 0.493 e. The Morgan fingerprint density at radius 1 is 1.29 bits per heavy atom. The quantitative estimate of drug-likeness (QED) is 0.422. The monoisotopic (exact) mass is 325 g/mol. The molecular weight excluding hydrogens is 306 g/mol. The highest BCUT2D eigenvalue weighted by Crippen LogP contribution is 2.29. The Labute approximate surface area is 141 Å². The van der Waals surface area contributed by atoms with Gasteiger partial charge in [-0.2, -0.15) is 0 Å². The number of aromatic nitrogens is 1.